The maximum absolute atomic E-state index is 12.3. The highest BCUT2D eigenvalue weighted by molar-refractivity contribution is 5.96. The van der Waals surface area contributed by atoms with Gasteiger partial charge in [0.1, 0.15) is 6.61 Å². The molecule has 0 unspecified atom stereocenters. The van der Waals surface area contributed by atoms with Crippen molar-refractivity contribution >= 4 is 22.6 Å². The van der Waals surface area contributed by atoms with Crippen molar-refractivity contribution in [3.8, 4) is 11.5 Å². The summed E-state index contributed by atoms with van der Waals surface area (Å²) in [5, 5.41) is 2.83. The Morgan fingerprint density at radius 2 is 2.09 bits per heavy atom. The van der Waals surface area contributed by atoms with Gasteiger partial charge in [0.2, 0.25) is 6.10 Å². The van der Waals surface area contributed by atoms with Gasteiger partial charge in [-0.2, -0.15) is 0 Å². The Labute approximate surface area is 126 Å². The van der Waals surface area contributed by atoms with Crippen LogP contribution in [-0.4, -0.2) is 28.6 Å². The third kappa shape index (κ3) is 2.24. The monoisotopic (exact) mass is 295 g/mol. The molecule has 22 heavy (non-hydrogen) atoms. The Balaban J connectivity index is 1.50. The van der Waals surface area contributed by atoms with Crippen LogP contribution in [-0.2, 0) is 4.79 Å². The smallest absolute Gasteiger partial charge is 0.269 e. The van der Waals surface area contributed by atoms with Crippen LogP contribution in [0.15, 0.2) is 48.8 Å². The van der Waals surface area contributed by atoms with Crippen LogP contribution in [0.3, 0.4) is 0 Å². The molecule has 1 aliphatic rings. The average molecular weight is 295 g/mol. The number of hydrogen-bond acceptors (Lipinski definition) is 4. The Morgan fingerprint density at radius 1 is 1.23 bits per heavy atom. The Bertz CT molecular complexity index is 843. The van der Waals surface area contributed by atoms with Crippen molar-refractivity contribution in [2.45, 2.75) is 6.10 Å². The number of ether oxygens (including phenoxy) is 2. The van der Waals surface area contributed by atoms with Crippen LogP contribution in [0, 0.1) is 0 Å². The first-order chi connectivity index (χ1) is 10.8. The second-order valence-corrected chi connectivity index (χ2v) is 4.99. The first-order valence-corrected chi connectivity index (χ1v) is 6.92. The number of amides is 1. The minimum Gasteiger partial charge on any atom is -0.485 e. The van der Waals surface area contributed by atoms with E-state index < -0.39 is 6.10 Å². The molecule has 2 N–H and O–H groups in total. The van der Waals surface area contributed by atoms with Crippen molar-refractivity contribution in [2.75, 3.05) is 11.9 Å². The zero-order valence-electron chi connectivity index (χ0n) is 11.6. The highest BCUT2D eigenvalue weighted by Crippen LogP contribution is 2.31. The third-order valence-corrected chi connectivity index (χ3v) is 3.49. The summed E-state index contributed by atoms with van der Waals surface area (Å²) in [5.74, 6) is 0.997. The number of rotatable bonds is 2. The zero-order chi connectivity index (χ0) is 14.9. The van der Waals surface area contributed by atoms with Gasteiger partial charge in [-0.15, -0.1) is 0 Å². The fourth-order valence-corrected chi connectivity index (χ4v) is 2.38. The summed E-state index contributed by atoms with van der Waals surface area (Å²) in [5.41, 5.74) is 2.40. The molecule has 6 heteroatoms. The van der Waals surface area contributed by atoms with Crippen molar-refractivity contribution in [2.24, 2.45) is 0 Å². The van der Waals surface area contributed by atoms with E-state index in [1.165, 1.54) is 0 Å². The molecule has 0 aliphatic carbocycles. The van der Waals surface area contributed by atoms with Gasteiger partial charge in [0.15, 0.2) is 11.5 Å². The predicted octanol–water partition coefficient (Wildman–Crippen LogP) is 2.34. The number of hydrogen-bond donors (Lipinski definition) is 2. The van der Waals surface area contributed by atoms with Crippen molar-refractivity contribution in [3.05, 3.63) is 48.8 Å². The van der Waals surface area contributed by atoms with E-state index in [4.69, 9.17) is 9.47 Å². The molecule has 2 aromatic carbocycles. The first-order valence-electron chi connectivity index (χ1n) is 6.92. The number of aromatic nitrogens is 2. The van der Waals surface area contributed by atoms with Gasteiger partial charge in [-0.3, -0.25) is 4.79 Å². The molecule has 1 amide bonds. The molecule has 1 atom stereocenters. The van der Waals surface area contributed by atoms with E-state index in [0.29, 0.717) is 17.2 Å². The third-order valence-electron chi connectivity index (χ3n) is 3.49. The van der Waals surface area contributed by atoms with Crippen LogP contribution in [0.1, 0.15) is 0 Å². The number of aromatic amines is 1. The molecule has 3 aromatic rings. The van der Waals surface area contributed by atoms with Crippen LogP contribution in [0.25, 0.3) is 11.0 Å². The lowest BCUT2D eigenvalue weighted by atomic mass is 10.2. The van der Waals surface area contributed by atoms with Gasteiger partial charge >= 0.3 is 0 Å². The lowest BCUT2D eigenvalue weighted by molar-refractivity contribution is -0.125. The minimum absolute atomic E-state index is 0.190. The largest absolute Gasteiger partial charge is 0.485 e. The molecule has 0 fully saturated rings. The maximum atomic E-state index is 12.3. The minimum atomic E-state index is -0.674. The van der Waals surface area contributed by atoms with Gasteiger partial charge in [0.25, 0.3) is 5.91 Å². The summed E-state index contributed by atoms with van der Waals surface area (Å²) in [6.07, 6.45) is 0.943. The zero-order valence-corrected chi connectivity index (χ0v) is 11.6. The molecule has 4 rings (SSSR count). The van der Waals surface area contributed by atoms with E-state index in [1.54, 1.807) is 18.5 Å². The van der Waals surface area contributed by atoms with Crippen LogP contribution < -0.4 is 14.8 Å². The number of para-hydroxylation sites is 2. The van der Waals surface area contributed by atoms with E-state index in [1.807, 2.05) is 30.3 Å². The summed E-state index contributed by atoms with van der Waals surface area (Å²) in [6.45, 7) is 0.190. The fraction of sp³-hybridized carbons (Fsp3) is 0.125. The number of imidazole rings is 1. The van der Waals surface area contributed by atoms with Gasteiger partial charge in [-0.05, 0) is 30.3 Å². The van der Waals surface area contributed by atoms with E-state index in [0.717, 1.165) is 11.0 Å². The number of benzene rings is 2. The Hall–Kier alpha value is -3.02. The number of nitrogens with zero attached hydrogens (tertiary/aromatic N) is 1. The molecule has 1 aromatic heterocycles. The highest BCUT2D eigenvalue weighted by Gasteiger charge is 2.27. The van der Waals surface area contributed by atoms with Crippen molar-refractivity contribution in [1.82, 2.24) is 9.97 Å². The molecule has 0 saturated heterocycles. The summed E-state index contributed by atoms with van der Waals surface area (Å²) >= 11 is 0. The van der Waals surface area contributed by atoms with Crippen LogP contribution in [0.4, 0.5) is 5.69 Å². The summed E-state index contributed by atoms with van der Waals surface area (Å²) in [7, 11) is 0. The maximum Gasteiger partial charge on any atom is 0.269 e. The van der Waals surface area contributed by atoms with Gasteiger partial charge in [0, 0.05) is 5.69 Å². The molecule has 1 aliphatic heterocycles. The normalized spacial score (nSPS) is 16.5. The summed E-state index contributed by atoms with van der Waals surface area (Å²) < 4.78 is 11.2. The van der Waals surface area contributed by atoms with Gasteiger partial charge in [-0.25, -0.2) is 4.98 Å². The molecular weight excluding hydrogens is 282 g/mol. The second-order valence-electron chi connectivity index (χ2n) is 4.99. The first kappa shape index (κ1) is 12.7. The molecule has 2 heterocycles. The number of carbonyl (C=O) groups excluding carboxylic acids is 1. The van der Waals surface area contributed by atoms with Gasteiger partial charge in [0.05, 0.1) is 17.4 Å². The number of nitrogens with one attached hydrogen (secondary N) is 2. The number of anilines is 1. The highest BCUT2D eigenvalue weighted by atomic mass is 16.6. The molecule has 0 spiro atoms. The summed E-state index contributed by atoms with van der Waals surface area (Å²) in [4.78, 5) is 19.5. The second kappa shape index (κ2) is 5.07. The van der Waals surface area contributed by atoms with E-state index >= 15 is 0 Å². The average Bonchev–Trinajstić information content (AvgIpc) is 3.02. The van der Waals surface area contributed by atoms with Gasteiger partial charge < -0.3 is 19.8 Å². The van der Waals surface area contributed by atoms with Crippen molar-refractivity contribution < 1.29 is 14.3 Å². The molecule has 110 valence electrons. The molecular formula is C16H13N3O3. The van der Waals surface area contributed by atoms with Crippen molar-refractivity contribution in [1.29, 1.82) is 0 Å². The van der Waals surface area contributed by atoms with Crippen LogP contribution >= 0.6 is 0 Å². The summed E-state index contributed by atoms with van der Waals surface area (Å²) in [6, 6.07) is 12.8. The Kier molecular flexibility index (Phi) is 2.93. The fourth-order valence-electron chi connectivity index (χ4n) is 2.38. The quantitative estimate of drug-likeness (QED) is 0.761. The van der Waals surface area contributed by atoms with E-state index in [9.17, 15) is 4.79 Å². The number of H-pyrrole nitrogens is 1. The SMILES string of the molecule is O=C(Nc1ccc2nc[nH]c2c1)[C@H]1COc2ccccc2O1. The Morgan fingerprint density at radius 3 is 3.00 bits per heavy atom. The molecule has 0 bridgehead atoms. The lowest BCUT2D eigenvalue weighted by Crippen LogP contribution is -2.40. The predicted molar refractivity (Wildman–Crippen MR) is 81.1 cm³/mol. The van der Waals surface area contributed by atoms with E-state index in [2.05, 4.69) is 15.3 Å². The van der Waals surface area contributed by atoms with Gasteiger partial charge in [-0.1, -0.05) is 12.1 Å². The molecule has 0 radical (unpaired) electrons. The lowest BCUT2D eigenvalue weighted by Gasteiger charge is -2.25. The van der Waals surface area contributed by atoms with Crippen molar-refractivity contribution in [3.63, 3.8) is 0 Å². The topological polar surface area (TPSA) is 76.2 Å². The molecule has 0 saturated carbocycles. The standard InChI is InChI=1S/C16H13N3O3/c20-16(15-8-21-13-3-1-2-4-14(13)22-15)19-10-5-6-11-12(7-10)18-9-17-11/h1-7,9,15H,8H2,(H,17,18)(H,19,20)/t15-/m1/s1. The van der Waals surface area contributed by atoms with E-state index in [-0.39, 0.29) is 12.5 Å². The molecule has 6 nitrogen and oxygen atoms in total. The number of fused-ring (bicyclic) bond motifs is 2. The van der Waals surface area contributed by atoms with Crippen LogP contribution in [0.2, 0.25) is 0 Å². The van der Waals surface area contributed by atoms with Crippen LogP contribution in [0.5, 0.6) is 11.5 Å². The number of carbonyl (C=O) groups is 1.